The van der Waals surface area contributed by atoms with E-state index in [1.807, 2.05) is 165 Å². The zero-order valence-electron chi connectivity index (χ0n) is 86.3. The minimum absolute atomic E-state index is 0.00231. The molecular formula is C119H154N14O14. The monoisotopic (exact) mass is 2000 g/mol. The molecule has 0 saturated carbocycles. The topological polar surface area (TPSA) is 394 Å². The lowest BCUT2D eigenvalue weighted by Gasteiger charge is -2.36. The molecule has 14 heterocycles. The maximum Gasteiger partial charge on any atom is 0.256 e. The normalized spacial score (nSPS) is 19.2. The molecule has 7 aromatic carbocycles. The summed E-state index contributed by atoms with van der Waals surface area (Å²) in [7, 11) is 2.04. The molecular weight excluding hydrogens is 1850 g/mol. The van der Waals surface area contributed by atoms with Gasteiger partial charge in [-0.2, -0.15) is 0 Å². The summed E-state index contributed by atoms with van der Waals surface area (Å²) in [5, 5.41) is 77.6. The van der Waals surface area contributed by atoms with Gasteiger partial charge in [-0.25, -0.2) is 0 Å². The van der Waals surface area contributed by atoms with Crippen LogP contribution in [0.2, 0.25) is 0 Å². The van der Waals surface area contributed by atoms with E-state index in [1.165, 1.54) is 12.8 Å². The number of pyridine rings is 7. The van der Waals surface area contributed by atoms with E-state index in [1.54, 1.807) is 0 Å². The third-order valence-corrected chi connectivity index (χ3v) is 31.2. The van der Waals surface area contributed by atoms with Gasteiger partial charge in [0.1, 0.15) is 0 Å². The van der Waals surface area contributed by atoms with Crippen molar-refractivity contribution >= 4 is 75.4 Å². The van der Waals surface area contributed by atoms with Crippen LogP contribution in [0.1, 0.15) is 186 Å². The van der Waals surface area contributed by atoms with Gasteiger partial charge in [-0.15, -0.1) is 0 Å². The van der Waals surface area contributed by atoms with Crippen molar-refractivity contribution < 1.29 is 35.7 Å². The Bertz CT molecular complexity index is 6930. The van der Waals surface area contributed by atoms with Crippen molar-refractivity contribution in [3.05, 3.63) is 324 Å². The van der Waals surface area contributed by atoms with Crippen molar-refractivity contribution in [3.63, 3.8) is 0 Å². The number of rotatable bonds is 27. The number of hydrogen-bond acceptors (Lipinski definition) is 21. The minimum atomic E-state index is -0.133. The number of nitrogens with zero attached hydrogens (tertiary/aromatic N) is 7. The summed E-state index contributed by atoms with van der Waals surface area (Å²) in [5.74, 6) is 1.17. The van der Waals surface area contributed by atoms with E-state index in [0.717, 1.165) is 348 Å². The summed E-state index contributed by atoms with van der Waals surface area (Å²) >= 11 is 0. The van der Waals surface area contributed by atoms with Crippen molar-refractivity contribution in [2.45, 2.75) is 204 Å². The van der Waals surface area contributed by atoms with Crippen molar-refractivity contribution in [1.29, 1.82) is 0 Å². The van der Waals surface area contributed by atoms with Crippen LogP contribution in [0.4, 0.5) is 0 Å². The molecule has 1 unspecified atom stereocenters. The number of aromatic nitrogens is 7. The molecule has 0 spiro atoms. The van der Waals surface area contributed by atoms with Crippen LogP contribution in [-0.4, -0.2) is 287 Å². The predicted molar refractivity (Wildman–Crippen MR) is 592 cm³/mol. The highest BCUT2D eigenvalue weighted by atomic mass is 16.3. The van der Waals surface area contributed by atoms with Gasteiger partial charge in [-0.05, 0) is 330 Å². The van der Waals surface area contributed by atoms with E-state index in [4.69, 9.17) is 5.11 Å². The Morgan fingerprint density at radius 3 is 1.03 bits per heavy atom. The van der Waals surface area contributed by atoms with Crippen LogP contribution in [0.5, 0.6) is 0 Å². The zero-order valence-corrected chi connectivity index (χ0v) is 86.3. The third-order valence-electron chi connectivity index (χ3n) is 31.2. The van der Waals surface area contributed by atoms with Crippen molar-refractivity contribution in [2.75, 3.05) is 151 Å². The lowest BCUT2D eigenvalue weighted by Crippen LogP contribution is -2.41. The molecule has 14 N–H and O–H groups in total. The fourth-order valence-electron chi connectivity index (χ4n) is 22.5. The second kappa shape index (κ2) is 54.1. The van der Waals surface area contributed by atoms with Gasteiger partial charge < -0.3 is 90.2 Å². The molecule has 7 aliphatic rings. The highest BCUT2D eigenvalue weighted by molar-refractivity contribution is 5.87. The van der Waals surface area contributed by atoms with Crippen LogP contribution in [0.3, 0.4) is 0 Å². The van der Waals surface area contributed by atoms with E-state index in [-0.39, 0.29) is 96.1 Å². The zero-order chi connectivity index (χ0) is 103. The average Bonchev–Trinajstić information content (AvgIpc) is 1.05. The molecule has 0 aliphatic carbocycles. The quantitative estimate of drug-likeness (QED) is 0.0227. The lowest BCUT2D eigenvalue weighted by molar-refractivity contribution is 0.0831. The molecule has 7 aromatic heterocycles. The number of fused-ring (bicyclic) bond motifs is 7. The van der Waals surface area contributed by atoms with Gasteiger partial charge in [0, 0.05) is 190 Å². The Balaban J connectivity index is 0.000000129. The number of hydrogen-bond donors (Lipinski definition) is 14. The number of aromatic amines is 7. The van der Waals surface area contributed by atoms with Gasteiger partial charge in [-0.1, -0.05) is 135 Å². The number of piperidine rings is 4. The van der Waals surface area contributed by atoms with Gasteiger partial charge in [0.15, 0.2) is 0 Å². The first-order valence-electron chi connectivity index (χ1n) is 53.6. The third kappa shape index (κ3) is 30.2. The molecule has 7 aliphatic heterocycles. The largest absolute Gasteiger partial charge is 0.396 e. The Hall–Kier alpha value is -11.6. The average molecular weight is 2000 g/mol. The van der Waals surface area contributed by atoms with Crippen LogP contribution in [0.15, 0.2) is 240 Å². The molecule has 14 aromatic rings. The Morgan fingerprint density at radius 1 is 0.306 bits per heavy atom. The van der Waals surface area contributed by atoms with E-state index >= 15 is 0 Å². The van der Waals surface area contributed by atoms with Crippen molar-refractivity contribution in [1.82, 2.24) is 69.2 Å². The Kier molecular flexibility index (Phi) is 40.3. The van der Waals surface area contributed by atoms with Crippen molar-refractivity contribution in [2.24, 2.45) is 5.41 Å². The summed E-state index contributed by atoms with van der Waals surface area (Å²) in [6.45, 7) is 23.5. The maximum absolute atomic E-state index is 12.3. The molecule has 0 radical (unpaired) electrons. The van der Waals surface area contributed by atoms with E-state index < -0.39 is 0 Å². The maximum atomic E-state index is 12.3. The van der Waals surface area contributed by atoms with Crippen LogP contribution in [-0.2, 0) is 25.7 Å². The number of aliphatic hydroxyl groups excluding tert-OH is 7. The SMILES string of the molecule is CC(C)(CO)CN1CCC(c2cc3ccccc3c(=O)[nH]2)CC1.CN1CCC(c2cc3ccccc3c(=O)[nH]2)C[C@H]1CO.Cc1cccc2c(=O)[nH]c(C3CCN(CCCO)CC3)cc12.O=c1[nH]c(CCCN2CCC[C@@H]2CO)cc2ccccc12.O=c1[nH]c(CCCN2CCC[C@H]2CO)cc2ccccc12.O=c1[nH]c(CCN2CCC(O)CC2)cc2ccccc12.O=c1[nH]c(CCN2CCC[C@@H]2CO)cc2ccccc12. The number of aryl methyl sites for hydroxylation is 3. The van der Waals surface area contributed by atoms with Crippen LogP contribution in [0, 0.1) is 12.3 Å². The number of likely N-dealkylation sites (tertiary alicyclic amines) is 7. The minimum Gasteiger partial charge on any atom is -0.396 e. The van der Waals surface area contributed by atoms with Gasteiger partial charge in [0.05, 0.1) is 32.5 Å². The second-order valence-electron chi connectivity index (χ2n) is 42.1. The highest BCUT2D eigenvalue weighted by Gasteiger charge is 2.32. The number of nitrogens with one attached hydrogen (secondary N) is 7. The lowest BCUT2D eigenvalue weighted by atomic mass is 9.88. The molecule has 21 rings (SSSR count). The van der Waals surface area contributed by atoms with E-state index in [0.29, 0.717) is 35.9 Å². The summed E-state index contributed by atoms with van der Waals surface area (Å²) < 4.78 is 0. The fourth-order valence-corrected chi connectivity index (χ4v) is 22.5. The van der Waals surface area contributed by atoms with Gasteiger partial charge >= 0.3 is 0 Å². The van der Waals surface area contributed by atoms with Crippen LogP contribution >= 0.6 is 0 Å². The van der Waals surface area contributed by atoms with Gasteiger partial charge in [0.25, 0.3) is 38.9 Å². The number of benzene rings is 7. The highest BCUT2D eigenvalue weighted by Crippen LogP contribution is 2.35. The summed E-state index contributed by atoms with van der Waals surface area (Å²) in [6.07, 6.45) is 20.8. The summed E-state index contributed by atoms with van der Waals surface area (Å²) in [4.78, 5) is 122. The van der Waals surface area contributed by atoms with Gasteiger partial charge in [-0.3, -0.25) is 48.3 Å². The predicted octanol–water partition coefficient (Wildman–Crippen LogP) is 13.7. The molecule has 7 fully saturated rings. The fraction of sp³-hybridized carbons (Fsp3) is 0.471. The summed E-state index contributed by atoms with van der Waals surface area (Å²) in [5.41, 5.74) is 8.20. The summed E-state index contributed by atoms with van der Waals surface area (Å²) in [6, 6.07) is 67.8. The first kappa shape index (κ1) is 110. The molecule has 0 amide bonds. The van der Waals surface area contributed by atoms with E-state index in [9.17, 15) is 64.2 Å². The standard InChI is InChI=1S/C19H26N2O2.C18H24N2O2.2C17H22N2O2.3C16H20N2O2/c1-19(2,13-22)12-21-9-7-14(8-10-21)17-11-15-5-3-4-6-16(15)18(23)20-17;1-13-4-2-5-15-16(13)12-17(19-18(15)22)14-6-9-20(10-7-14)8-3-11-21;2*20-12-15-7-4-10-19(15)9-3-6-14-11-13-5-1-2-8-16(13)17(21)18-14;1-18-7-6-12(8-13(18)10-19)15-9-11-4-2-3-5-14(11)16(20)17-15;19-11-14-5-3-8-18(14)9-7-13-10-12-4-1-2-6-15(12)16(20)17-13;19-14-6-9-18(10-7-14)8-5-13-11-12-3-1-2-4-15(12)16(20)17-13/h3-6,11,14,22H,7-10,12-13H2,1-2H3,(H,20,23);2,4-5,12,14,21H,3,6-11H2,1H3,(H,19,22);2*1-2,5,8,11,15,20H,3-4,6-7,9-10,12H2,(H,18,21);2-5,9,12-13,19H,6-8,10H2,1H3,(H,17,20);1-2,4,6,10,14,19H,3,5,7-9,11H2,(H,17,20);1-4,11,14,19H,5-10H2,(H,17,20)/t;;2*15-;12?,13-;14-;/m..1001./s1. The molecule has 28 heteroatoms. The smallest absolute Gasteiger partial charge is 0.256 e. The molecule has 784 valence electrons. The Morgan fingerprint density at radius 2 is 0.633 bits per heavy atom. The molecule has 5 atom stereocenters. The Labute approximate surface area is 860 Å². The van der Waals surface area contributed by atoms with Crippen LogP contribution in [0.25, 0.3) is 75.4 Å². The van der Waals surface area contributed by atoms with Crippen molar-refractivity contribution in [3.8, 4) is 0 Å². The first-order valence-corrected chi connectivity index (χ1v) is 53.6. The molecule has 28 nitrogen and oxygen atoms in total. The number of H-pyrrole nitrogens is 7. The number of aliphatic hydroxyl groups is 7. The van der Waals surface area contributed by atoms with Gasteiger partial charge in [0.2, 0.25) is 0 Å². The second-order valence-corrected chi connectivity index (χ2v) is 42.1. The molecule has 0 bridgehead atoms. The molecule has 147 heavy (non-hydrogen) atoms. The molecule has 7 saturated heterocycles. The van der Waals surface area contributed by atoms with E-state index in [2.05, 4.69) is 138 Å². The van der Waals surface area contributed by atoms with Crippen LogP contribution < -0.4 is 38.9 Å². The number of likely N-dealkylation sites (N-methyl/N-ethyl adjacent to an activating group) is 1. The first-order chi connectivity index (χ1) is 71.4.